The molecule has 2 amide bonds. The molecule has 0 bridgehead atoms. The fourth-order valence-electron chi connectivity index (χ4n) is 4.22. The Morgan fingerprint density at radius 1 is 0.941 bits per heavy atom. The van der Waals surface area contributed by atoms with E-state index in [-0.39, 0.29) is 33.5 Å². The lowest BCUT2D eigenvalue weighted by Crippen LogP contribution is -2.40. The molecule has 0 unspecified atom stereocenters. The van der Waals surface area contributed by atoms with Gasteiger partial charge in [-0.2, -0.15) is 0 Å². The topological polar surface area (TPSA) is 84.0 Å². The van der Waals surface area contributed by atoms with Gasteiger partial charge < -0.3 is 14.5 Å². The van der Waals surface area contributed by atoms with Gasteiger partial charge in [0.25, 0.3) is 11.8 Å². The van der Waals surface area contributed by atoms with Crippen molar-refractivity contribution >= 4 is 38.9 Å². The minimum absolute atomic E-state index is 0.0155. The van der Waals surface area contributed by atoms with E-state index in [2.05, 4.69) is 0 Å². The predicted molar refractivity (Wildman–Crippen MR) is 127 cm³/mol. The molecule has 1 saturated heterocycles. The Hall–Kier alpha value is -3.20. The van der Waals surface area contributed by atoms with Gasteiger partial charge >= 0.3 is 0 Å². The lowest BCUT2D eigenvalue weighted by atomic mass is 10.1. The Morgan fingerprint density at radius 3 is 2.38 bits per heavy atom. The van der Waals surface area contributed by atoms with E-state index < -0.39 is 15.7 Å². The van der Waals surface area contributed by atoms with Crippen LogP contribution in [0, 0.1) is 0 Å². The molecule has 2 aliphatic heterocycles. The number of carbonyl (C=O) groups is 2. The highest BCUT2D eigenvalue weighted by molar-refractivity contribution is 7.91. The summed E-state index contributed by atoms with van der Waals surface area (Å²) in [6.07, 6.45) is 0. The van der Waals surface area contributed by atoms with Gasteiger partial charge in [0.1, 0.15) is 0 Å². The normalized spacial score (nSPS) is 17.0. The van der Waals surface area contributed by atoms with Gasteiger partial charge in [-0.25, -0.2) is 8.42 Å². The van der Waals surface area contributed by atoms with Crippen LogP contribution in [0.2, 0.25) is 5.02 Å². The van der Waals surface area contributed by atoms with Crippen molar-refractivity contribution in [2.75, 3.05) is 31.2 Å². The number of carbonyl (C=O) groups excluding carboxylic acids is 2. The number of hydrogen-bond donors (Lipinski definition) is 0. The van der Waals surface area contributed by atoms with E-state index in [1.54, 1.807) is 41.3 Å². The van der Waals surface area contributed by atoms with Crippen molar-refractivity contribution in [1.82, 2.24) is 4.90 Å². The second kappa shape index (κ2) is 8.87. The molecule has 34 heavy (non-hydrogen) atoms. The van der Waals surface area contributed by atoms with Crippen molar-refractivity contribution in [3.05, 3.63) is 88.4 Å². The number of benzene rings is 3. The van der Waals surface area contributed by atoms with E-state index in [4.69, 9.17) is 16.3 Å². The van der Waals surface area contributed by atoms with Crippen LogP contribution in [0.1, 0.15) is 26.3 Å². The number of nitrogens with zero attached hydrogens (tertiary/aromatic N) is 2. The van der Waals surface area contributed by atoms with Crippen LogP contribution in [0.5, 0.6) is 0 Å². The Kier molecular flexibility index (Phi) is 5.89. The Labute approximate surface area is 202 Å². The molecule has 3 aromatic carbocycles. The number of hydrogen-bond acceptors (Lipinski definition) is 5. The van der Waals surface area contributed by atoms with E-state index in [1.165, 1.54) is 35.2 Å². The van der Waals surface area contributed by atoms with Crippen LogP contribution in [0.3, 0.4) is 0 Å². The van der Waals surface area contributed by atoms with Crippen molar-refractivity contribution in [3.8, 4) is 0 Å². The van der Waals surface area contributed by atoms with Gasteiger partial charge in [0, 0.05) is 23.7 Å². The first kappa shape index (κ1) is 22.6. The number of morpholine rings is 1. The maximum absolute atomic E-state index is 13.7. The molecule has 0 aliphatic carbocycles. The van der Waals surface area contributed by atoms with Crippen molar-refractivity contribution < 1.29 is 22.7 Å². The minimum Gasteiger partial charge on any atom is -0.378 e. The summed E-state index contributed by atoms with van der Waals surface area (Å²) in [5, 5.41) is 0.553. The molecular formula is C25H21ClN2O5S. The maximum atomic E-state index is 13.7. The van der Waals surface area contributed by atoms with E-state index >= 15 is 0 Å². The number of rotatable bonds is 3. The summed E-state index contributed by atoms with van der Waals surface area (Å²) in [6, 6.07) is 17.6. The highest BCUT2D eigenvalue weighted by atomic mass is 35.5. The molecule has 9 heteroatoms. The third kappa shape index (κ3) is 3.98. The van der Waals surface area contributed by atoms with Crippen LogP contribution in [-0.2, 0) is 21.1 Å². The van der Waals surface area contributed by atoms with Crippen LogP contribution in [0.15, 0.2) is 76.5 Å². The standard InChI is InChI=1S/C25H21ClN2O5S/c26-19-8-5-17(6-9-19)16-28-21-15-18(24(29)27-11-13-33-14-12-27)7-10-23(21)34(31,32)22-4-2-1-3-20(22)25(28)30/h1-10,15H,11-14,16H2. The first-order valence-corrected chi connectivity index (χ1v) is 12.6. The van der Waals surface area contributed by atoms with E-state index in [9.17, 15) is 18.0 Å². The summed E-state index contributed by atoms with van der Waals surface area (Å²) >= 11 is 6.01. The lowest BCUT2D eigenvalue weighted by Gasteiger charge is -2.28. The van der Waals surface area contributed by atoms with Crippen LogP contribution in [-0.4, -0.2) is 51.4 Å². The van der Waals surface area contributed by atoms with Gasteiger partial charge in [0.15, 0.2) is 0 Å². The first-order valence-electron chi connectivity index (χ1n) is 10.8. The molecule has 2 heterocycles. The van der Waals surface area contributed by atoms with Gasteiger partial charge in [-0.3, -0.25) is 9.59 Å². The molecule has 0 saturated carbocycles. The number of sulfone groups is 1. The third-order valence-corrected chi connectivity index (χ3v) is 8.10. The SMILES string of the molecule is O=C(c1ccc2c(c1)N(Cc1ccc(Cl)cc1)C(=O)c1ccccc1S2(=O)=O)N1CCOCC1. The maximum Gasteiger partial charge on any atom is 0.259 e. The van der Waals surface area contributed by atoms with Crippen molar-refractivity contribution in [3.63, 3.8) is 0 Å². The second-order valence-corrected chi connectivity index (χ2v) is 10.4. The summed E-state index contributed by atoms with van der Waals surface area (Å²) in [7, 11) is -4.00. The zero-order chi connectivity index (χ0) is 23.9. The first-order chi connectivity index (χ1) is 16.4. The van der Waals surface area contributed by atoms with Gasteiger partial charge in [0.2, 0.25) is 9.84 Å². The number of amides is 2. The summed E-state index contributed by atoms with van der Waals surface area (Å²) in [5.41, 5.74) is 1.35. The van der Waals surface area contributed by atoms with Crippen molar-refractivity contribution in [1.29, 1.82) is 0 Å². The Bertz CT molecular complexity index is 1380. The summed E-state index contributed by atoms with van der Waals surface area (Å²) in [6.45, 7) is 1.91. The smallest absolute Gasteiger partial charge is 0.259 e. The molecule has 5 rings (SSSR count). The average molecular weight is 497 g/mol. The van der Waals surface area contributed by atoms with Gasteiger partial charge in [-0.1, -0.05) is 35.9 Å². The van der Waals surface area contributed by atoms with E-state index in [0.717, 1.165) is 5.56 Å². The highest BCUT2D eigenvalue weighted by Crippen LogP contribution is 2.38. The van der Waals surface area contributed by atoms with Crippen molar-refractivity contribution in [2.24, 2.45) is 0 Å². The molecule has 0 spiro atoms. The molecule has 0 N–H and O–H groups in total. The Morgan fingerprint density at radius 2 is 1.65 bits per heavy atom. The molecule has 0 radical (unpaired) electrons. The number of anilines is 1. The molecule has 0 atom stereocenters. The van der Waals surface area contributed by atoms with E-state index in [0.29, 0.717) is 36.9 Å². The van der Waals surface area contributed by atoms with Crippen LogP contribution < -0.4 is 4.90 Å². The fourth-order valence-corrected chi connectivity index (χ4v) is 5.98. The highest BCUT2D eigenvalue weighted by Gasteiger charge is 2.36. The number of halogens is 1. The van der Waals surface area contributed by atoms with E-state index in [1.807, 2.05) is 0 Å². The quantitative estimate of drug-likeness (QED) is 0.550. The van der Waals surface area contributed by atoms with Crippen molar-refractivity contribution in [2.45, 2.75) is 16.3 Å². The second-order valence-electron chi connectivity index (χ2n) is 8.10. The summed E-state index contributed by atoms with van der Waals surface area (Å²) in [4.78, 5) is 29.8. The fraction of sp³-hybridized carbons (Fsp3) is 0.200. The van der Waals surface area contributed by atoms with Gasteiger partial charge in [0.05, 0.1) is 40.8 Å². The molecule has 7 nitrogen and oxygen atoms in total. The number of ether oxygens (including phenoxy) is 1. The monoisotopic (exact) mass is 496 g/mol. The molecule has 3 aromatic rings. The lowest BCUT2D eigenvalue weighted by molar-refractivity contribution is 0.0303. The van der Waals surface area contributed by atoms with Crippen LogP contribution >= 0.6 is 11.6 Å². The largest absolute Gasteiger partial charge is 0.378 e. The zero-order valence-corrected chi connectivity index (χ0v) is 19.7. The average Bonchev–Trinajstić information content (AvgIpc) is 2.93. The van der Waals surface area contributed by atoms with Gasteiger partial charge in [-0.15, -0.1) is 0 Å². The van der Waals surface area contributed by atoms with Crippen LogP contribution in [0.25, 0.3) is 0 Å². The number of fused-ring (bicyclic) bond motifs is 2. The molecule has 0 aromatic heterocycles. The predicted octanol–water partition coefficient (Wildman–Crippen LogP) is 3.81. The van der Waals surface area contributed by atoms with Gasteiger partial charge in [-0.05, 0) is 48.0 Å². The third-order valence-electron chi connectivity index (χ3n) is 5.99. The summed E-state index contributed by atoms with van der Waals surface area (Å²) < 4.78 is 32.5. The molecular weight excluding hydrogens is 476 g/mol. The Balaban J connectivity index is 1.66. The molecule has 174 valence electrons. The zero-order valence-electron chi connectivity index (χ0n) is 18.1. The molecule has 2 aliphatic rings. The minimum atomic E-state index is -4.00. The molecule has 1 fully saturated rings. The van der Waals surface area contributed by atoms with Crippen LogP contribution in [0.4, 0.5) is 5.69 Å². The summed E-state index contributed by atoms with van der Waals surface area (Å²) in [5.74, 6) is -0.687.